The molecule has 0 radical (unpaired) electrons. The Bertz CT molecular complexity index is 874. The van der Waals surface area contributed by atoms with Crippen LogP contribution in [-0.4, -0.2) is 76.8 Å². The summed E-state index contributed by atoms with van der Waals surface area (Å²) >= 11 is 0. The molecular weight excluding hydrogens is 373 g/mol. The zero-order valence-electron chi connectivity index (χ0n) is 13.1. The molecule has 0 saturated carbocycles. The van der Waals surface area contributed by atoms with Crippen LogP contribution in [0.15, 0.2) is 12.7 Å². The van der Waals surface area contributed by atoms with E-state index in [1.807, 2.05) is 0 Å². The Morgan fingerprint density at radius 3 is 2.77 bits per heavy atom. The van der Waals surface area contributed by atoms with E-state index in [1.54, 1.807) is 0 Å². The van der Waals surface area contributed by atoms with Crippen molar-refractivity contribution in [2.24, 2.45) is 0 Å². The van der Waals surface area contributed by atoms with Gasteiger partial charge in [-0.15, -0.1) is 0 Å². The number of anilines is 1. The molecule has 1 saturated heterocycles. The summed E-state index contributed by atoms with van der Waals surface area (Å²) in [7, 11) is -4.40. The maximum absolute atomic E-state index is 11.6. The SMILES string of the molecule is Nc1ncnc2c1ncn2[C@@H]1O[C@H](COP(=O)(O)CC(=O)O)[C@@H](O)[C@H]1O. The molecule has 0 aliphatic carbocycles. The first-order chi connectivity index (χ1) is 12.2. The first-order valence-corrected chi connectivity index (χ1v) is 9.08. The van der Waals surface area contributed by atoms with Gasteiger partial charge in [0.25, 0.3) is 0 Å². The summed E-state index contributed by atoms with van der Waals surface area (Å²) in [4.78, 5) is 31.8. The van der Waals surface area contributed by atoms with Gasteiger partial charge in [0.2, 0.25) is 0 Å². The van der Waals surface area contributed by atoms with Gasteiger partial charge in [0.1, 0.15) is 36.3 Å². The molecule has 0 bridgehead atoms. The van der Waals surface area contributed by atoms with Crippen LogP contribution in [0.4, 0.5) is 5.82 Å². The first-order valence-electron chi connectivity index (χ1n) is 7.32. The Hall–Kier alpha value is -2.15. The van der Waals surface area contributed by atoms with E-state index >= 15 is 0 Å². The van der Waals surface area contributed by atoms with Crippen molar-refractivity contribution in [2.45, 2.75) is 24.5 Å². The molecule has 0 aromatic carbocycles. The summed E-state index contributed by atoms with van der Waals surface area (Å²) in [5.74, 6) is -1.39. The number of carbonyl (C=O) groups is 1. The molecule has 1 aliphatic rings. The molecule has 0 spiro atoms. The number of aliphatic carboxylic acids is 1. The van der Waals surface area contributed by atoms with Crippen LogP contribution in [0.5, 0.6) is 0 Å². The van der Waals surface area contributed by atoms with Gasteiger partial charge in [0.15, 0.2) is 17.7 Å². The third-order valence-electron chi connectivity index (χ3n) is 3.77. The van der Waals surface area contributed by atoms with Crippen molar-refractivity contribution in [1.82, 2.24) is 19.5 Å². The predicted octanol–water partition coefficient (Wildman–Crippen LogP) is -1.69. The van der Waals surface area contributed by atoms with Crippen LogP contribution in [0.25, 0.3) is 11.2 Å². The van der Waals surface area contributed by atoms with Crippen molar-refractivity contribution in [3.8, 4) is 0 Å². The minimum absolute atomic E-state index is 0.122. The fraction of sp³-hybridized carbons (Fsp3) is 0.500. The number of aromatic nitrogens is 4. The van der Waals surface area contributed by atoms with Crippen LogP contribution in [0, 0.1) is 0 Å². The second kappa shape index (κ2) is 6.87. The summed E-state index contributed by atoms with van der Waals surface area (Å²) < 4.78 is 23.1. The maximum Gasteiger partial charge on any atom is 0.339 e. The topological polar surface area (TPSA) is 203 Å². The Morgan fingerprint density at radius 2 is 2.08 bits per heavy atom. The smallest absolute Gasteiger partial charge is 0.339 e. The lowest BCUT2D eigenvalue weighted by molar-refractivity contribution is -0.134. The van der Waals surface area contributed by atoms with Crippen molar-refractivity contribution in [3.05, 3.63) is 12.7 Å². The van der Waals surface area contributed by atoms with Crippen LogP contribution >= 0.6 is 7.60 Å². The lowest BCUT2D eigenvalue weighted by Gasteiger charge is -2.17. The van der Waals surface area contributed by atoms with Crippen molar-refractivity contribution < 1.29 is 38.8 Å². The van der Waals surface area contributed by atoms with E-state index in [-0.39, 0.29) is 17.0 Å². The molecule has 13 nitrogen and oxygen atoms in total. The average Bonchev–Trinajstić information content (AvgIpc) is 3.08. The number of rotatable bonds is 6. The van der Waals surface area contributed by atoms with E-state index in [0.29, 0.717) is 0 Å². The first kappa shape index (κ1) is 18.6. The van der Waals surface area contributed by atoms with Crippen LogP contribution in [0.1, 0.15) is 6.23 Å². The highest BCUT2D eigenvalue weighted by molar-refractivity contribution is 7.53. The highest BCUT2D eigenvalue weighted by atomic mass is 31.2. The van der Waals surface area contributed by atoms with Crippen LogP contribution in [-0.2, 0) is 18.6 Å². The highest BCUT2D eigenvalue weighted by Crippen LogP contribution is 2.43. The molecule has 14 heteroatoms. The largest absolute Gasteiger partial charge is 0.481 e. The van der Waals surface area contributed by atoms with Crippen molar-refractivity contribution in [1.29, 1.82) is 0 Å². The molecule has 6 N–H and O–H groups in total. The number of aliphatic hydroxyl groups is 2. The van der Waals surface area contributed by atoms with E-state index in [4.69, 9.17) is 15.6 Å². The Balaban J connectivity index is 1.76. The number of nitrogen functional groups attached to an aromatic ring is 1. The van der Waals surface area contributed by atoms with Crippen LogP contribution in [0.3, 0.4) is 0 Å². The molecular formula is C12H16N5O8P. The third-order valence-corrected chi connectivity index (χ3v) is 5.00. The number of carboxylic acid groups (broad SMARTS) is 1. The number of hydrogen-bond acceptors (Lipinski definition) is 10. The predicted molar refractivity (Wildman–Crippen MR) is 83.9 cm³/mol. The lowest BCUT2D eigenvalue weighted by atomic mass is 10.1. The van der Waals surface area contributed by atoms with E-state index in [0.717, 1.165) is 0 Å². The number of aliphatic hydroxyl groups excluding tert-OH is 2. The Morgan fingerprint density at radius 1 is 1.35 bits per heavy atom. The minimum atomic E-state index is -4.40. The number of imidazole rings is 1. The molecule has 3 rings (SSSR count). The van der Waals surface area contributed by atoms with Crippen LogP contribution in [0.2, 0.25) is 0 Å². The van der Waals surface area contributed by atoms with Gasteiger partial charge in [-0.05, 0) is 0 Å². The molecule has 5 atom stereocenters. The second-order valence-electron chi connectivity index (χ2n) is 5.61. The number of fused-ring (bicyclic) bond motifs is 1. The number of hydrogen-bond donors (Lipinski definition) is 5. The molecule has 1 fully saturated rings. The monoisotopic (exact) mass is 389 g/mol. The lowest BCUT2D eigenvalue weighted by Crippen LogP contribution is -2.33. The van der Waals surface area contributed by atoms with Crippen molar-refractivity contribution in [2.75, 3.05) is 18.5 Å². The molecule has 142 valence electrons. The molecule has 2 aromatic rings. The van der Waals surface area contributed by atoms with Gasteiger partial charge in [-0.2, -0.15) is 0 Å². The molecule has 3 heterocycles. The summed E-state index contributed by atoms with van der Waals surface area (Å²) in [6.07, 6.45) is -3.78. The van der Waals surface area contributed by atoms with Gasteiger partial charge in [-0.25, -0.2) is 15.0 Å². The maximum atomic E-state index is 11.6. The quantitative estimate of drug-likeness (QED) is 0.351. The van der Waals surface area contributed by atoms with Crippen LogP contribution < -0.4 is 5.73 Å². The van der Waals surface area contributed by atoms with Gasteiger partial charge in [0.05, 0.1) is 12.9 Å². The molecule has 26 heavy (non-hydrogen) atoms. The molecule has 0 amide bonds. The normalized spacial score (nSPS) is 28.3. The molecule has 1 aliphatic heterocycles. The summed E-state index contributed by atoms with van der Waals surface area (Å²) in [6, 6.07) is 0. The van der Waals surface area contributed by atoms with Gasteiger partial charge in [-0.3, -0.25) is 13.9 Å². The average molecular weight is 389 g/mol. The zero-order chi connectivity index (χ0) is 19.1. The van der Waals surface area contributed by atoms with E-state index in [1.165, 1.54) is 17.2 Å². The fourth-order valence-corrected chi connectivity index (χ4v) is 3.37. The number of nitrogens with two attached hydrogens (primary N) is 1. The van der Waals surface area contributed by atoms with E-state index < -0.39 is 50.9 Å². The summed E-state index contributed by atoms with van der Waals surface area (Å²) in [6.45, 7) is -0.598. The van der Waals surface area contributed by atoms with Gasteiger partial charge in [-0.1, -0.05) is 0 Å². The fourth-order valence-electron chi connectivity index (χ4n) is 2.56. The molecule has 1 unspecified atom stereocenters. The Kier molecular flexibility index (Phi) is 4.92. The van der Waals surface area contributed by atoms with E-state index in [9.17, 15) is 24.5 Å². The number of ether oxygens (including phenoxy) is 1. The number of nitrogens with zero attached hydrogens (tertiary/aromatic N) is 4. The van der Waals surface area contributed by atoms with Gasteiger partial charge >= 0.3 is 13.6 Å². The Labute approximate surface area is 145 Å². The highest BCUT2D eigenvalue weighted by Gasteiger charge is 2.45. The van der Waals surface area contributed by atoms with Gasteiger partial charge in [0, 0.05) is 0 Å². The number of carboxylic acids is 1. The van der Waals surface area contributed by atoms with E-state index in [2.05, 4.69) is 19.5 Å². The summed E-state index contributed by atoms with van der Waals surface area (Å²) in [5.41, 5.74) is 6.22. The van der Waals surface area contributed by atoms with Gasteiger partial charge < -0.3 is 35.2 Å². The minimum Gasteiger partial charge on any atom is -0.481 e. The summed E-state index contributed by atoms with van der Waals surface area (Å²) in [5, 5.41) is 28.9. The van der Waals surface area contributed by atoms with Crippen molar-refractivity contribution >= 4 is 30.5 Å². The molecule has 2 aromatic heterocycles. The second-order valence-corrected chi connectivity index (χ2v) is 7.46. The zero-order valence-corrected chi connectivity index (χ0v) is 14.0. The third kappa shape index (κ3) is 3.53. The standard InChI is InChI=1S/C12H16N5O8P/c13-10-7-11(15-3-14-10)17(4-16-7)12-9(21)8(20)5(25-12)1-24-26(22,23)2-6(18)19/h3-5,8-9,12,20-21H,1-2H2,(H,18,19)(H,22,23)(H2,13,14,15)/t5-,8-,9-,12-/m1/s1. The van der Waals surface area contributed by atoms with Crippen molar-refractivity contribution in [3.63, 3.8) is 0 Å².